The number of ether oxygens (including phenoxy) is 2. The smallest absolute Gasteiger partial charge is 0.188 e. The first-order chi connectivity index (χ1) is 5.72. The van der Waals surface area contributed by atoms with Crippen LogP contribution in [0.5, 0.6) is 0 Å². The van der Waals surface area contributed by atoms with Crippen molar-refractivity contribution in [3.8, 4) is 0 Å². The summed E-state index contributed by atoms with van der Waals surface area (Å²) in [5.74, 6) is 1.30. The van der Waals surface area contributed by atoms with Gasteiger partial charge in [-0.15, -0.1) is 0 Å². The topological polar surface area (TPSA) is 35.5 Å². The van der Waals surface area contributed by atoms with Crippen LogP contribution in [-0.4, -0.2) is 19.7 Å². The number of carbonyl (C=O) groups excluding carboxylic acids is 1. The van der Waals surface area contributed by atoms with Gasteiger partial charge in [0.05, 0.1) is 0 Å². The lowest BCUT2D eigenvalue weighted by molar-refractivity contribution is -0.116. The Morgan fingerprint density at radius 2 is 2.33 bits per heavy atom. The van der Waals surface area contributed by atoms with Crippen LogP contribution in [0.1, 0.15) is 19.8 Å². The number of hydrogen-bond donors (Lipinski definition) is 0. The van der Waals surface area contributed by atoms with Gasteiger partial charge in [0.1, 0.15) is 5.76 Å². The molecular weight excluding hydrogens is 156 g/mol. The standard InChI is InChI=1S/C9H14O3/c1-7-3-8(10)5-9(4-7)12-6-11-2/h5,7H,3-4,6H2,1-2H3. The van der Waals surface area contributed by atoms with Crippen molar-refractivity contribution in [2.75, 3.05) is 13.9 Å². The molecule has 1 aliphatic rings. The van der Waals surface area contributed by atoms with Gasteiger partial charge in [0.25, 0.3) is 0 Å². The highest BCUT2D eigenvalue weighted by molar-refractivity contribution is 5.91. The monoisotopic (exact) mass is 170 g/mol. The van der Waals surface area contributed by atoms with E-state index in [0.29, 0.717) is 12.3 Å². The molecule has 0 fully saturated rings. The Morgan fingerprint density at radius 3 is 2.92 bits per heavy atom. The number of hydrogen-bond acceptors (Lipinski definition) is 3. The number of allylic oxidation sites excluding steroid dienone is 2. The van der Waals surface area contributed by atoms with Crippen molar-refractivity contribution in [3.05, 3.63) is 11.8 Å². The quantitative estimate of drug-likeness (QED) is 0.602. The van der Waals surface area contributed by atoms with Crippen LogP contribution in [-0.2, 0) is 14.3 Å². The molecule has 1 rings (SSSR count). The maximum atomic E-state index is 11.0. The van der Waals surface area contributed by atoms with Gasteiger partial charge in [0, 0.05) is 26.0 Å². The molecule has 0 saturated carbocycles. The third-order valence-electron chi connectivity index (χ3n) is 1.78. The molecule has 3 nitrogen and oxygen atoms in total. The summed E-state index contributed by atoms with van der Waals surface area (Å²) in [4.78, 5) is 11.0. The molecule has 3 heteroatoms. The maximum absolute atomic E-state index is 11.0. The summed E-state index contributed by atoms with van der Waals surface area (Å²) in [7, 11) is 1.56. The van der Waals surface area contributed by atoms with E-state index in [1.54, 1.807) is 13.2 Å². The van der Waals surface area contributed by atoms with Gasteiger partial charge in [-0.2, -0.15) is 0 Å². The molecule has 1 aliphatic carbocycles. The molecule has 1 unspecified atom stereocenters. The van der Waals surface area contributed by atoms with E-state index in [-0.39, 0.29) is 12.6 Å². The molecule has 0 aliphatic heterocycles. The van der Waals surface area contributed by atoms with Crippen molar-refractivity contribution in [3.63, 3.8) is 0 Å². The largest absolute Gasteiger partial charge is 0.472 e. The molecule has 0 heterocycles. The van der Waals surface area contributed by atoms with Crippen molar-refractivity contribution in [1.29, 1.82) is 0 Å². The van der Waals surface area contributed by atoms with Crippen LogP contribution in [0, 0.1) is 5.92 Å². The van der Waals surface area contributed by atoms with Crippen molar-refractivity contribution < 1.29 is 14.3 Å². The van der Waals surface area contributed by atoms with E-state index < -0.39 is 0 Å². The Hall–Kier alpha value is -0.830. The maximum Gasteiger partial charge on any atom is 0.188 e. The van der Waals surface area contributed by atoms with E-state index >= 15 is 0 Å². The van der Waals surface area contributed by atoms with Gasteiger partial charge in [0.2, 0.25) is 0 Å². The van der Waals surface area contributed by atoms with Crippen molar-refractivity contribution in [2.24, 2.45) is 5.92 Å². The predicted molar refractivity (Wildman–Crippen MR) is 44.4 cm³/mol. The summed E-state index contributed by atoms with van der Waals surface area (Å²) >= 11 is 0. The fourth-order valence-corrected chi connectivity index (χ4v) is 1.29. The molecule has 0 aromatic carbocycles. The SMILES string of the molecule is COCOC1=CC(=O)CC(C)C1. The molecule has 0 saturated heterocycles. The van der Waals surface area contributed by atoms with Crippen LogP contribution in [0.3, 0.4) is 0 Å². The zero-order chi connectivity index (χ0) is 8.97. The second-order valence-electron chi connectivity index (χ2n) is 3.14. The Morgan fingerprint density at radius 1 is 1.58 bits per heavy atom. The second kappa shape index (κ2) is 4.26. The highest BCUT2D eigenvalue weighted by Crippen LogP contribution is 2.21. The third-order valence-corrected chi connectivity index (χ3v) is 1.78. The van der Waals surface area contributed by atoms with Crippen LogP contribution >= 0.6 is 0 Å². The van der Waals surface area contributed by atoms with Crippen LogP contribution in [0.25, 0.3) is 0 Å². The Kier molecular flexibility index (Phi) is 3.29. The molecule has 1 atom stereocenters. The summed E-state index contributed by atoms with van der Waals surface area (Å²) in [5, 5.41) is 0. The molecule has 0 spiro atoms. The minimum atomic E-state index is 0.153. The first-order valence-corrected chi connectivity index (χ1v) is 4.07. The summed E-state index contributed by atoms with van der Waals surface area (Å²) in [6.07, 6.45) is 3.05. The predicted octanol–water partition coefficient (Wildman–Crippen LogP) is 1.49. The molecular formula is C9H14O3. The first kappa shape index (κ1) is 9.26. The average molecular weight is 170 g/mol. The highest BCUT2D eigenvalue weighted by atomic mass is 16.7. The highest BCUT2D eigenvalue weighted by Gasteiger charge is 2.17. The Balaban J connectivity index is 2.46. The van der Waals surface area contributed by atoms with Gasteiger partial charge in [-0.05, 0) is 5.92 Å². The van der Waals surface area contributed by atoms with Gasteiger partial charge in [-0.1, -0.05) is 6.92 Å². The van der Waals surface area contributed by atoms with Crippen LogP contribution in [0.2, 0.25) is 0 Å². The van der Waals surface area contributed by atoms with Crippen LogP contribution in [0.4, 0.5) is 0 Å². The van der Waals surface area contributed by atoms with E-state index in [0.717, 1.165) is 12.2 Å². The van der Waals surface area contributed by atoms with Gasteiger partial charge in [-0.3, -0.25) is 4.79 Å². The molecule has 0 radical (unpaired) electrons. The van der Waals surface area contributed by atoms with Crippen molar-refractivity contribution >= 4 is 5.78 Å². The number of ketones is 1. The summed E-state index contributed by atoms with van der Waals surface area (Å²) in [6.45, 7) is 2.27. The van der Waals surface area contributed by atoms with Crippen molar-refractivity contribution in [2.45, 2.75) is 19.8 Å². The zero-order valence-electron chi connectivity index (χ0n) is 7.50. The van der Waals surface area contributed by atoms with E-state index in [4.69, 9.17) is 9.47 Å². The fraction of sp³-hybridized carbons (Fsp3) is 0.667. The number of carbonyl (C=O) groups is 1. The normalized spacial score (nSPS) is 23.7. The minimum Gasteiger partial charge on any atom is -0.472 e. The van der Waals surface area contributed by atoms with Gasteiger partial charge in [0.15, 0.2) is 12.6 Å². The van der Waals surface area contributed by atoms with Crippen LogP contribution in [0.15, 0.2) is 11.8 Å². The zero-order valence-corrected chi connectivity index (χ0v) is 7.50. The number of methoxy groups -OCH3 is 1. The lowest BCUT2D eigenvalue weighted by Crippen LogP contribution is -2.13. The molecule has 0 N–H and O–H groups in total. The van der Waals surface area contributed by atoms with Gasteiger partial charge >= 0.3 is 0 Å². The lowest BCUT2D eigenvalue weighted by atomic mass is 9.94. The van der Waals surface area contributed by atoms with Crippen LogP contribution < -0.4 is 0 Å². The first-order valence-electron chi connectivity index (χ1n) is 4.07. The molecule has 0 aromatic heterocycles. The molecule has 0 bridgehead atoms. The fourth-order valence-electron chi connectivity index (χ4n) is 1.29. The summed E-state index contributed by atoms with van der Waals surface area (Å²) < 4.78 is 9.93. The molecule has 68 valence electrons. The molecule has 0 aromatic rings. The Labute approximate surface area is 72.4 Å². The van der Waals surface area contributed by atoms with E-state index in [2.05, 4.69) is 0 Å². The minimum absolute atomic E-state index is 0.153. The van der Waals surface area contributed by atoms with Gasteiger partial charge in [-0.25, -0.2) is 0 Å². The second-order valence-corrected chi connectivity index (χ2v) is 3.14. The average Bonchev–Trinajstić information content (AvgIpc) is 1.99. The lowest BCUT2D eigenvalue weighted by Gasteiger charge is -2.18. The third kappa shape index (κ3) is 2.66. The number of rotatable bonds is 3. The summed E-state index contributed by atoms with van der Waals surface area (Å²) in [5.41, 5.74) is 0. The Bertz CT molecular complexity index is 196. The van der Waals surface area contributed by atoms with E-state index in [9.17, 15) is 4.79 Å². The van der Waals surface area contributed by atoms with E-state index in [1.165, 1.54) is 0 Å². The van der Waals surface area contributed by atoms with E-state index in [1.807, 2.05) is 6.92 Å². The molecule has 12 heavy (non-hydrogen) atoms. The summed E-state index contributed by atoms with van der Waals surface area (Å²) in [6, 6.07) is 0. The van der Waals surface area contributed by atoms with Crippen molar-refractivity contribution in [1.82, 2.24) is 0 Å². The molecule has 0 amide bonds. The van der Waals surface area contributed by atoms with Gasteiger partial charge < -0.3 is 9.47 Å².